The highest BCUT2D eigenvalue weighted by Crippen LogP contribution is 2.35. The van der Waals surface area contributed by atoms with Crippen LogP contribution in [0.15, 0.2) is 34.1 Å². The van der Waals surface area contributed by atoms with Crippen LogP contribution in [0.4, 0.5) is 0 Å². The second-order valence-corrected chi connectivity index (χ2v) is 5.41. The molecule has 2 aromatic rings. The largest absolute Gasteiger partial charge is 0.493 e. The van der Waals surface area contributed by atoms with Crippen molar-refractivity contribution in [3.8, 4) is 11.5 Å². The quantitative estimate of drug-likeness (QED) is 0.897. The highest BCUT2D eigenvalue weighted by atomic mass is 79.9. The number of rotatable bonds is 5. The smallest absolute Gasteiger partial charge is 0.346 e. The van der Waals surface area contributed by atoms with Gasteiger partial charge in [-0.2, -0.15) is 0 Å². The Balaban J connectivity index is 2.19. The first kappa shape index (κ1) is 13.9. The number of carboxylic acids is 1. The van der Waals surface area contributed by atoms with Crippen LogP contribution in [0.5, 0.6) is 11.5 Å². The predicted molar refractivity (Wildman–Crippen MR) is 76.3 cm³/mol. The molecule has 0 bridgehead atoms. The van der Waals surface area contributed by atoms with Gasteiger partial charge in [0.15, 0.2) is 11.5 Å². The second-order valence-electron chi connectivity index (χ2n) is 3.64. The lowest BCUT2D eigenvalue weighted by molar-refractivity contribution is 0.0699. The summed E-state index contributed by atoms with van der Waals surface area (Å²) in [6.07, 6.45) is 0. The van der Waals surface area contributed by atoms with E-state index in [9.17, 15) is 4.79 Å². The first-order valence-electron chi connectivity index (χ1n) is 5.38. The van der Waals surface area contributed by atoms with Gasteiger partial charge < -0.3 is 14.6 Å². The molecular weight excluding hydrogens is 332 g/mol. The maximum Gasteiger partial charge on any atom is 0.346 e. The summed E-state index contributed by atoms with van der Waals surface area (Å²) in [7, 11) is 1.56. The Hall–Kier alpha value is -1.53. The lowest BCUT2D eigenvalue weighted by Gasteiger charge is -2.12. The van der Waals surface area contributed by atoms with Crippen molar-refractivity contribution in [1.29, 1.82) is 0 Å². The predicted octanol–water partition coefficient (Wildman–Crippen LogP) is 3.80. The van der Waals surface area contributed by atoms with Gasteiger partial charge in [0.05, 0.1) is 11.6 Å². The first-order chi connectivity index (χ1) is 9.13. The molecule has 0 aliphatic rings. The molecule has 0 saturated heterocycles. The zero-order valence-corrected chi connectivity index (χ0v) is 12.5. The van der Waals surface area contributed by atoms with E-state index in [1.165, 1.54) is 11.3 Å². The zero-order chi connectivity index (χ0) is 13.8. The molecule has 0 spiro atoms. The molecule has 0 atom stereocenters. The summed E-state index contributed by atoms with van der Waals surface area (Å²) in [6.45, 7) is 0.185. The van der Waals surface area contributed by atoms with Crippen molar-refractivity contribution in [3.63, 3.8) is 0 Å². The van der Waals surface area contributed by atoms with Gasteiger partial charge >= 0.3 is 5.97 Å². The van der Waals surface area contributed by atoms with Crippen LogP contribution in [0, 0.1) is 0 Å². The van der Waals surface area contributed by atoms with Crippen LogP contribution in [-0.4, -0.2) is 18.2 Å². The van der Waals surface area contributed by atoms with Crippen LogP contribution in [0.25, 0.3) is 0 Å². The molecule has 0 aliphatic heterocycles. The molecule has 1 aromatic carbocycles. The molecule has 0 radical (unpaired) electrons. The molecule has 4 nitrogen and oxygen atoms in total. The highest BCUT2D eigenvalue weighted by molar-refractivity contribution is 9.10. The average molecular weight is 343 g/mol. The number of carbonyl (C=O) groups is 1. The number of thiophene rings is 1. The molecule has 0 amide bonds. The van der Waals surface area contributed by atoms with Gasteiger partial charge in [-0.05, 0) is 39.5 Å². The van der Waals surface area contributed by atoms with Crippen LogP contribution in [0.2, 0.25) is 0 Å². The Morgan fingerprint density at radius 1 is 1.42 bits per heavy atom. The number of para-hydroxylation sites is 1. The molecular formula is C13H11BrO4S. The van der Waals surface area contributed by atoms with Crippen LogP contribution in [-0.2, 0) is 6.61 Å². The van der Waals surface area contributed by atoms with Gasteiger partial charge in [-0.3, -0.25) is 0 Å². The number of aromatic carboxylic acids is 1. The van der Waals surface area contributed by atoms with Crippen LogP contribution in [0.3, 0.4) is 0 Å². The Kier molecular flexibility index (Phi) is 4.44. The van der Waals surface area contributed by atoms with E-state index < -0.39 is 5.97 Å². The van der Waals surface area contributed by atoms with Gasteiger partial charge in [-0.25, -0.2) is 4.79 Å². The van der Waals surface area contributed by atoms with E-state index in [0.29, 0.717) is 21.9 Å². The van der Waals surface area contributed by atoms with Gasteiger partial charge in [0, 0.05) is 5.56 Å². The summed E-state index contributed by atoms with van der Waals surface area (Å²) in [6, 6.07) is 7.20. The van der Waals surface area contributed by atoms with E-state index in [0.717, 1.165) is 4.47 Å². The summed E-state index contributed by atoms with van der Waals surface area (Å²) in [5.41, 5.74) is 0.648. The SMILES string of the molecule is COc1cccc(Br)c1OCc1ccsc1C(=O)O. The standard InChI is InChI=1S/C13H11BrO4S/c1-17-10-4-2-3-9(14)11(10)18-7-8-5-6-19-12(8)13(15)16/h2-6H,7H2,1H3,(H,15,16). The first-order valence-corrected chi connectivity index (χ1v) is 7.05. The third-order valence-corrected chi connectivity index (χ3v) is 4.03. The van der Waals surface area contributed by atoms with Crippen LogP contribution in [0.1, 0.15) is 15.2 Å². The number of carboxylic acid groups (broad SMARTS) is 1. The Labute approximate surface area is 122 Å². The molecule has 0 saturated carbocycles. The van der Waals surface area contributed by atoms with E-state index in [-0.39, 0.29) is 6.61 Å². The minimum absolute atomic E-state index is 0.185. The molecule has 1 aromatic heterocycles. The molecule has 100 valence electrons. The summed E-state index contributed by atoms with van der Waals surface area (Å²) in [5, 5.41) is 10.8. The summed E-state index contributed by atoms with van der Waals surface area (Å²) in [4.78, 5) is 11.3. The minimum atomic E-state index is -0.937. The zero-order valence-electron chi connectivity index (χ0n) is 10.1. The maximum atomic E-state index is 11.0. The van der Waals surface area contributed by atoms with Crippen LogP contribution < -0.4 is 9.47 Å². The minimum Gasteiger partial charge on any atom is -0.493 e. The van der Waals surface area contributed by atoms with Crippen molar-refractivity contribution < 1.29 is 19.4 Å². The summed E-state index contributed by atoms with van der Waals surface area (Å²) in [5.74, 6) is 0.224. The number of halogens is 1. The van der Waals surface area contributed by atoms with E-state index in [4.69, 9.17) is 14.6 Å². The van der Waals surface area contributed by atoms with E-state index >= 15 is 0 Å². The Morgan fingerprint density at radius 3 is 2.89 bits per heavy atom. The third-order valence-electron chi connectivity index (χ3n) is 2.46. The number of benzene rings is 1. The molecule has 1 heterocycles. The maximum absolute atomic E-state index is 11.0. The van der Waals surface area contributed by atoms with Crippen molar-refractivity contribution >= 4 is 33.2 Å². The molecule has 2 rings (SSSR count). The third kappa shape index (κ3) is 3.08. The van der Waals surface area contributed by atoms with E-state index in [1.54, 1.807) is 24.6 Å². The van der Waals surface area contributed by atoms with Crippen LogP contribution >= 0.6 is 27.3 Å². The van der Waals surface area contributed by atoms with Gasteiger partial charge in [-0.15, -0.1) is 11.3 Å². The molecule has 0 unspecified atom stereocenters. The molecule has 0 fully saturated rings. The van der Waals surface area contributed by atoms with Gasteiger partial charge in [0.2, 0.25) is 0 Å². The summed E-state index contributed by atoms with van der Waals surface area (Å²) >= 11 is 4.57. The van der Waals surface area contributed by atoms with Crippen molar-refractivity contribution in [2.75, 3.05) is 7.11 Å². The lowest BCUT2D eigenvalue weighted by Crippen LogP contribution is -2.03. The van der Waals surface area contributed by atoms with Crippen molar-refractivity contribution in [2.24, 2.45) is 0 Å². The topological polar surface area (TPSA) is 55.8 Å². The second kappa shape index (κ2) is 6.08. The van der Waals surface area contributed by atoms with Gasteiger partial charge in [0.1, 0.15) is 11.5 Å². The fourth-order valence-electron chi connectivity index (χ4n) is 1.58. The van der Waals surface area contributed by atoms with Crippen molar-refractivity contribution in [3.05, 3.63) is 44.6 Å². The molecule has 19 heavy (non-hydrogen) atoms. The lowest BCUT2D eigenvalue weighted by atomic mass is 10.2. The highest BCUT2D eigenvalue weighted by Gasteiger charge is 2.14. The van der Waals surface area contributed by atoms with Crippen molar-refractivity contribution in [2.45, 2.75) is 6.61 Å². The fraction of sp³-hybridized carbons (Fsp3) is 0.154. The average Bonchev–Trinajstić information content (AvgIpc) is 2.85. The number of hydrogen-bond donors (Lipinski definition) is 1. The van der Waals surface area contributed by atoms with Gasteiger partial charge in [-0.1, -0.05) is 6.07 Å². The normalized spacial score (nSPS) is 10.2. The molecule has 6 heteroatoms. The number of ether oxygens (including phenoxy) is 2. The molecule has 1 N–H and O–H groups in total. The van der Waals surface area contributed by atoms with Gasteiger partial charge in [0.25, 0.3) is 0 Å². The monoisotopic (exact) mass is 342 g/mol. The molecule has 0 aliphatic carbocycles. The van der Waals surface area contributed by atoms with Crippen molar-refractivity contribution in [1.82, 2.24) is 0 Å². The number of methoxy groups -OCH3 is 1. The fourth-order valence-corrected chi connectivity index (χ4v) is 2.79. The Morgan fingerprint density at radius 2 is 2.21 bits per heavy atom. The number of hydrogen-bond acceptors (Lipinski definition) is 4. The van der Waals surface area contributed by atoms with E-state index in [1.807, 2.05) is 12.1 Å². The van der Waals surface area contributed by atoms with E-state index in [2.05, 4.69) is 15.9 Å². The summed E-state index contributed by atoms with van der Waals surface area (Å²) < 4.78 is 11.6. The Bertz CT molecular complexity index is 594.